The van der Waals surface area contributed by atoms with E-state index in [2.05, 4.69) is 35.5 Å². The minimum absolute atomic E-state index is 0.130. The summed E-state index contributed by atoms with van der Waals surface area (Å²) in [4.78, 5) is 24.2. The first-order valence-corrected chi connectivity index (χ1v) is 11.9. The molecule has 192 valence electrons. The second kappa shape index (κ2) is 14.1. The summed E-state index contributed by atoms with van der Waals surface area (Å²) in [7, 11) is 2.19. The highest BCUT2D eigenvalue weighted by molar-refractivity contribution is 5.92. The molecule has 0 aliphatic rings. The fourth-order valence-corrected chi connectivity index (χ4v) is 3.99. The number of rotatable bonds is 15. The molecule has 1 aromatic rings. The normalized spacial score (nSPS) is 16.9. The molecule has 34 heavy (non-hydrogen) atoms. The van der Waals surface area contributed by atoms with Crippen LogP contribution in [0.4, 0.5) is 0 Å². The van der Waals surface area contributed by atoms with Crippen molar-refractivity contribution in [3.8, 4) is 0 Å². The van der Waals surface area contributed by atoms with Gasteiger partial charge in [0.05, 0.1) is 26.7 Å². The number of ether oxygens (including phenoxy) is 2. The summed E-state index contributed by atoms with van der Waals surface area (Å²) >= 11 is 0. The van der Waals surface area contributed by atoms with Crippen LogP contribution in [0.5, 0.6) is 0 Å². The number of aryl methyl sites for hydroxylation is 1. The summed E-state index contributed by atoms with van der Waals surface area (Å²) < 4.78 is 14.3. The topological polar surface area (TPSA) is 106 Å². The number of hydrogen-bond donors (Lipinski definition) is 2. The molecule has 7 nitrogen and oxygen atoms in total. The van der Waals surface area contributed by atoms with Crippen LogP contribution < -0.4 is 0 Å². The molecular weight excluding hydrogens is 436 g/mol. The van der Waals surface area contributed by atoms with Crippen molar-refractivity contribution in [2.45, 2.75) is 90.3 Å². The fraction of sp³-hybridized carbons (Fsp3) is 0.630. The van der Waals surface area contributed by atoms with Gasteiger partial charge >= 0.3 is 11.9 Å². The summed E-state index contributed by atoms with van der Waals surface area (Å²) in [5.74, 6) is -2.30. The van der Waals surface area contributed by atoms with Crippen molar-refractivity contribution in [1.82, 2.24) is 0 Å². The second-order valence-corrected chi connectivity index (χ2v) is 9.43. The second-order valence-electron chi connectivity index (χ2n) is 9.43. The van der Waals surface area contributed by atoms with Crippen LogP contribution in [-0.2, 0) is 25.5 Å². The Labute approximate surface area is 203 Å². The predicted octanol–water partition coefficient (Wildman–Crippen LogP) is 4.91. The number of aliphatic hydroxyl groups is 2. The van der Waals surface area contributed by atoms with Crippen LogP contribution in [-0.4, -0.2) is 47.6 Å². The average Bonchev–Trinajstić information content (AvgIpc) is 3.31. The first kappa shape index (κ1) is 29.7. The molecule has 0 saturated carbocycles. The summed E-state index contributed by atoms with van der Waals surface area (Å²) in [6, 6.07) is 2.01. The lowest BCUT2D eigenvalue weighted by Gasteiger charge is -2.37. The van der Waals surface area contributed by atoms with Crippen molar-refractivity contribution in [3.05, 3.63) is 47.5 Å². The molecule has 1 aromatic heterocycles. The molecule has 0 aromatic carbocycles. The molecule has 0 aliphatic heterocycles. The molecule has 0 amide bonds. The Balaban J connectivity index is 2.50. The summed E-state index contributed by atoms with van der Waals surface area (Å²) in [6.45, 7) is 7.20. The molecular formula is C27H42O7. The Kier molecular flexibility index (Phi) is 12.3. The molecule has 0 fully saturated rings. The van der Waals surface area contributed by atoms with E-state index in [4.69, 9.17) is 4.42 Å². The lowest BCUT2D eigenvalue weighted by Crippen LogP contribution is -2.63. The maximum atomic E-state index is 12.3. The number of carbonyl (C=O) groups excluding carboxylic acids is 2. The highest BCUT2D eigenvalue weighted by Gasteiger charge is 2.58. The van der Waals surface area contributed by atoms with E-state index < -0.39 is 23.1 Å². The number of furan rings is 1. The maximum Gasteiger partial charge on any atom is 0.341 e. The van der Waals surface area contributed by atoms with Crippen LogP contribution in [0, 0.1) is 5.92 Å². The van der Waals surface area contributed by atoms with Gasteiger partial charge in [-0.3, -0.25) is 0 Å². The lowest BCUT2D eigenvalue weighted by molar-refractivity contribution is -0.210. The molecule has 2 N–H and O–H groups in total. The van der Waals surface area contributed by atoms with Gasteiger partial charge in [-0.2, -0.15) is 0 Å². The number of carbonyl (C=O) groups is 2. The third-order valence-corrected chi connectivity index (χ3v) is 6.36. The first-order chi connectivity index (χ1) is 16.0. The number of methoxy groups -OCH3 is 2. The highest BCUT2D eigenvalue weighted by Crippen LogP contribution is 2.33. The van der Waals surface area contributed by atoms with Gasteiger partial charge < -0.3 is 24.1 Å². The Morgan fingerprint density at radius 2 is 1.68 bits per heavy atom. The van der Waals surface area contributed by atoms with Crippen molar-refractivity contribution in [2.24, 2.45) is 5.92 Å². The van der Waals surface area contributed by atoms with Crippen molar-refractivity contribution in [2.75, 3.05) is 14.2 Å². The Morgan fingerprint density at radius 3 is 2.26 bits per heavy atom. The van der Waals surface area contributed by atoms with Crippen molar-refractivity contribution < 1.29 is 33.7 Å². The number of allylic oxidation sites excluding steroid dienone is 4. The van der Waals surface area contributed by atoms with E-state index in [1.807, 2.05) is 13.0 Å². The smallest absolute Gasteiger partial charge is 0.341 e. The lowest BCUT2D eigenvalue weighted by atomic mass is 9.77. The van der Waals surface area contributed by atoms with Gasteiger partial charge in [0.1, 0.15) is 0 Å². The molecule has 0 aliphatic carbocycles. The fourth-order valence-electron chi connectivity index (χ4n) is 3.99. The molecule has 0 saturated heterocycles. The van der Waals surface area contributed by atoms with E-state index in [1.165, 1.54) is 16.7 Å². The van der Waals surface area contributed by atoms with E-state index >= 15 is 0 Å². The van der Waals surface area contributed by atoms with E-state index in [1.54, 1.807) is 12.5 Å². The van der Waals surface area contributed by atoms with Crippen molar-refractivity contribution in [1.29, 1.82) is 0 Å². The third-order valence-electron chi connectivity index (χ3n) is 6.36. The molecule has 1 heterocycles. The average molecular weight is 479 g/mol. The zero-order valence-corrected chi connectivity index (χ0v) is 21.6. The number of hydrogen-bond acceptors (Lipinski definition) is 7. The van der Waals surface area contributed by atoms with E-state index in [-0.39, 0.29) is 12.3 Å². The Morgan fingerprint density at radius 1 is 1.06 bits per heavy atom. The summed E-state index contributed by atoms with van der Waals surface area (Å²) in [5.41, 5.74) is -0.909. The molecule has 7 heteroatoms. The Bertz CT molecular complexity index is 820. The Hall–Kier alpha value is -2.38. The zero-order chi connectivity index (χ0) is 25.8. The molecule has 0 spiro atoms. The number of esters is 2. The van der Waals surface area contributed by atoms with E-state index in [0.29, 0.717) is 6.42 Å². The van der Waals surface area contributed by atoms with Crippen molar-refractivity contribution in [3.63, 3.8) is 0 Å². The van der Waals surface area contributed by atoms with Gasteiger partial charge in [-0.05, 0) is 89.7 Å². The van der Waals surface area contributed by atoms with Crippen LogP contribution in [0.2, 0.25) is 0 Å². The van der Waals surface area contributed by atoms with Gasteiger partial charge in [0.2, 0.25) is 5.60 Å². The molecule has 3 atom stereocenters. The SMILES string of the molecule is COC(=O)C(C)(O)[C@](O)(C[C@H](C)CC/C=C(/C)CC/C=C(\C)CCCc1ccoc1)C(=O)OC. The largest absolute Gasteiger partial charge is 0.472 e. The van der Waals surface area contributed by atoms with Gasteiger partial charge in [0, 0.05) is 0 Å². The molecule has 1 rings (SSSR count). The molecule has 0 radical (unpaired) electrons. The minimum Gasteiger partial charge on any atom is -0.472 e. The van der Waals surface area contributed by atoms with Gasteiger partial charge in [0.25, 0.3) is 0 Å². The van der Waals surface area contributed by atoms with E-state index in [0.717, 1.165) is 59.7 Å². The van der Waals surface area contributed by atoms with Gasteiger partial charge in [-0.15, -0.1) is 0 Å². The highest BCUT2D eigenvalue weighted by atomic mass is 16.6. The summed E-state index contributed by atoms with van der Waals surface area (Å²) in [5, 5.41) is 21.5. The third kappa shape index (κ3) is 8.76. The molecule has 0 bridgehead atoms. The minimum atomic E-state index is -2.42. The maximum absolute atomic E-state index is 12.3. The van der Waals surface area contributed by atoms with Gasteiger partial charge in [0.15, 0.2) is 5.60 Å². The first-order valence-electron chi connectivity index (χ1n) is 11.9. The monoisotopic (exact) mass is 478 g/mol. The van der Waals surface area contributed by atoms with Crippen LogP contribution in [0.3, 0.4) is 0 Å². The van der Waals surface area contributed by atoms with Gasteiger partial charge in [-0.25, -0.2) is 9.59 Å². The van der Waals surface area contributed by atoms with Crippen LogP contribution in [0.1, 0.15) is 78.2 Å². The predicted molar refractivity (Wildman–Crippen MR) is 131 cm³/mol. The molecule has 1 unspecified atom stereocenters. The zero-order valence-electron chi connectivity index (χ0n) is 21.6. The van der Waals surface area contributed by atoms with Crippen molar-refractivity contribution >= 4 is 11.9 Å². The standard InChI is InChI=1S/C27H42O7/c1-20(10-7-11-21(2)13-9-15-23-16-17-34-19-23)12-8-14-22(3)18-27(31,25(29)33-6)26(4,30)24(28)32-5/h11-12,16-17,19,22,30-31H,7-10,13-15,18H2,1-6H3/b20-12-,21-11+/t22-,26?,27+/m1/s1. The van der Waals surface area contributed by atoms with Crippen LogP contribution in [0.25, 0.3) is 0 Å². The summed E-state index contributed by atoms with van der Waals surface area (Å²) in [6.07, 6.45) is 14.4. The van der Waals surface area contributed by atoms with Crippen LogP contribution >= 0.6 is 0 Å². The van der Waals surface area contributed by atoms with Crippen LogP contribution in [0.15, 0.2) is 46.3 Å². The quantitative estimate of drug-likeness (QED) is 0.272. The van der Waals surface area contributed by atoms with E-state index in [9.17, 15) is 19.8 Å². The van der Waals surface area contributed by atoms with Gasteiger partial charge in [-0.1, -0.05) is 30.2 Å².